The zero-order valence-corrected chi connectivity index (χ0v) is 11.8. The Hall–Kier alpha value is -0.460. The fourth-order valence-electron chi connectivity index (χ4n) is 0.844. The van der Waals surface area contributed by atoms with Gasteiger partial charge in [0.2, 0.25) is 0 Å². The Morgan fingerprint density at radius 3 is 2.50 bits per heavy atom. The molecule has 0 spiro atoms. The maximum absolute atomic E-state index is 11.7. The smallest absolute Gasteiger partial charge is 0.265 e. The predicted molar refractivity (Wildman–Crippen MR) is 64.5 cm³/mol. The molecule has 90 valence electrons. The topological polar surface area (TPSA) is 56.3 Å². The standard InChI is InChI=1S/C10H14BrNO3S/c1-10(2,3)7-15-16(13,14)9-6-4-5-8(11)12-9/h4-6H,7H2,1-3H3. The lowest BCUT2D eigenvalue weighted by molar-refractivity contribution is 0.203. The minimum absolute atomic E-state index is 0.0777. The van der Waals surface area contributed by atoms with Gasteiger partial charge < -0.3 is 0 Å². The minimum Gasteiger partial charge on any atom is -0.265 e. The van der Waals surface area contributed by atoms with Crippen molar-refractivity contribution in [2.45, 2.75) is 25.8 Å². The highest BCUT2D eigenvalue weighted by molar-refractivity contribution is 9.10. The van der Waals surface area contributed by atoms with Crippen LogP contribution in [0.3, 0.4) is 0 Å². The molecule has 1 rings (SSSR count). The van der Waals surface area contributed by atoms with Crippen molar-refractivity contribution in [2.24, 2.45) is 5.41 Å². The molecule has 4 nitrogen and oxygen atoms in total. The molecule has 0 atom stereocenters. The van der Waals surface area contributed by atoms with Gasteiger partial charge in [0.25, 0.3) is 0 Å². The van der Waals surface area contributed by atoms with Crippen LogP contribution >= 0.6 is 15.9 Å². The van der Waals surface area contributed by atoms with Gasteiger partial charge in [-0.15, -0.1) is 0 Å². The van der Waals surface area contributed by atoms with E-state index in [1.54, 1.807) is 12.1 Å². The molecule has 6 heteroatoms. The van der Waals surface area contributed by atoms with Crippen LogP contribution in [-0.2, 0) is 14.3 Å². The molecule has 0 saturated heterocycles. The molecule has 16 heavy (non-hydrogen) atoms. The fourth-order valence-corrected chi connectivity index (χ4v) is 2.39. The Bertz CT molecular complexity index is 465. The van der Waals surface area contributed by atoms with E-state index < -0.39 is 10.1 Å². The van der Waals surface area contributed by atoms with E-state index in [4.69, 9.17) is 4.18 Å². The maximum Gasteiger partial charge on any atom is 0.314 e. The molecular weight excluding hydrogens is 294 g/mol. The van der Waals surface area contributed by atoms with Crippen LogP contribution < -0.4 is 0 Å². The second-order valence-electron chi connectivity index (χ2n) is 4.58. The van der Waals surface area contributed by atoms with Gasteiger partial charge in [-0.05, 0) is 33.5 Å². The molecule has 1 heterocycles. The van der Waals surface area contributed by atoms with Gasteiger partial charge >= 0.3 is 10.1 Å². The molecule has 0 aliphatic heterocycles. The van der Waals surface area contributed by atoms with Gasteiger partial charge in [0.1, 0.15) is 4.60 Å². The number of nitrogens with zero attached hydrogens (tertiary/aromatic N) is 1. The summed E-state index contributed by atoms with van der Waals surface area (Å²) in [5.41, 5.74) is -0.209. The van der Waals surface area contributed by atoms with Crippen molar-refractivity contribution < 1.29 is 12.6 Å². The number of halogens is 1. The third kappa shape index (κ3) is 4.19. The highest BCUT2D eigenvalue weighted by atomic mass is 79.9. The first kappa shape index (κ1) is 13.6. The van der Waals surface area contributed by atoms with E-state index in [0.29, 0.717) is 4.60 Å². The predicted octanol–water partition coefficient (Wildman–Crippen LogP) is 2.60. The van der Waals surface area contributed by atoms with E-state index in [1.807, 2.05) is 20.8 Å². The number of rotatable bonds is 3. The van der Waals surface area contributed by atoms with Crippen LogP contribution in [-0.4, -0.2) is 20.0 Å². The van der Waals surface area contributed by atoms with Gasteiger partial charge in [-0.3, -0.25) is 4.18 Å². The van der Waals surface area contributed by atoms with Gasteiger partial charge in [0, 0.05) is 0 Å². The van der Waals surface area contributed by atoms with Gasteiger partial charge in [-0.2, -0.15) is 8.42 Å². The van der Waals surface area contributed by atoms with Crippen molar-refractivity contribution in [3.8, 4) is 0 Å². The van der Waals surface area contributed by atoms with E-state index >= 15 is 0 Å². The zero-order valence-electron chi connectivity index (χ0n) is 9.40. The van der Waals surface area contributed by atoms with Gasteiger partial charge in [0.05, 0.1) is 6.61 Å². The number of aromatic nitrogens is 1. The van der Waals surface area contributed by atoms with E-state index in [9.17, 15) is 8.42 Å². The third-order valence-electron chi connectivity index (χ3n) is 1.59. The van der Waals surface area contributed by atoms with E-state index in [-0.39, 0.29) is 17.0 Å². The molecular formula is C10H14BrNO3S. The molecule has 0 radical (unpaired) electrons. The van der Waals surface area contributed by atoms with Crippen LogP contribution in [0.4, 0.5) is 0 Å². The highest BCUT2D eigenvalue weighted by Gasteiger charge is 2.21. The normalized spacial score (nSPS) is 12.8. The summed E-state index contributed by atoms with van der Waals surface area (Å²) in [7, 11) is -3.76. The number of pyridine rings is 1. The van der Waals surface area contributed by atoms with Gasteiger partial charge in [-0.25, -0.2) is 4.98 Å². The van der Waals surface area contributed by atoms with Crippen molar-refractivity contribution in [2.75, 3.05) is 6.61 Å². The summed E-state index contributed by atoms with van der Waals surface area (Å²) in [5.74, 6) is 0. The first-order valence-corrected chi connectivity index (χ1v) is 6.93. The molecule has 0 fully saturated rings. The minimum atomic E-state index is -3.76. The van der Waals surface area contributed by atoms with E-state index in [1.165, 1.54) is 6.07 Å². The lowest BCUT2D eigenvalue weighted by Gasteiger charge is -2.17. The largest absolute Gasteiger partial charge is 0.314 e. The lowest BCUT2D eigenvalue weighted by Crippen LogP contribution is -2.19. The Morgan fingerprint density at radius 1 is 1.38 bits per heavy atom. The van der Waals surface area contributed by atoms with Crippen LogP contribution in [0.1, 0.15) is 20.8 Å². The number of hydrogen-bond acceptors (Lipinski definition) is 4. The lowest BCUT2D eigenvalue weighted by atomic mass is 9.99. The number of hydrogen-bond donors (Lipinski definition) is 0. The quantitative estimate of drug-likeness (QED) is 0.636. The molecule has 1 aromatic rings. The fraction of sp³-hybridized carbons (Fsp3) is 0.500. The molecule has 0 unspecified atom stereocenters. The van der Waals surface area contributed by atoms with E-state index in [0.717, 1.165) is 0 Å². The molecule has 0 bridgehead atoms. The average molecular weight is 308 g/mol. The van der Waals surface area contributed by atoms with Gasteiger partial charge in [0.15, 0.2) is 5.03 Å². The summed E-state index contributed by atoms with van der Waals surface area (Å²) in [5, 5.41) is -0.0777. The SMILES string of the molecule is CC(C)(C)COS(=O)(=O)c1cccc(Br)n1. The molecule has 0 aromatic carbocycles. The molecule has 1 aromatic heterocycles. The Morgan fingerprint density at radius 2 is 2.00 bits per heavy atom. The second kappa shape index (κ2) is 4.81. The summed E-state index contributed by atoms with van der Waals surface area (Å²) in [4.78, 5) is 3.85. The summed E-state index contributed by atoms with van der Waals surface area (Å²) in [6.07, 6.45) is 0. The van der Waals surface area contributed by atoms with Crippen molar-refractivity contribution >= 4 is 26.0 Å². The van der Waals surface area contributed by atoms with Crippen molar-refractivity contribution in [1.29, 1.82) is 0 Å². The van der Waals surface area contributed by atoms with Crippen LogP contribution in [0, 0.1) is 5.41 Å². The monoisotopic (exact) mass is 307 g/mol. The summed E-state index contributed by atoms with van der Waals surface area (Å²) in [6, 6.07) is 4.66. The van der Waals surface area contributed by atoms with Crippen LogP contribution in [0.5, 0.6) is 0 Å². The Labute approximate surface area is 104 Å². The third-order valence-corrected chi connectivity index (χ3v) is 3.20. The molecule has 0 saturated carbocycles. The molecule has 0 amide bonds. The summed E-state index contributed by atoms with van der Waals surface area (Å²) < 4.78 is 28.8. The van der Waals surface area contributed by atoms with Crippen molar-refractivity contribution in [1.82, 2.24) is 4.98 Å². The average Bonchev–Trinajstić information content (AvgIpc) is 2.14. The summed E-state index contributed by atoms with van der Waals surface area (Å²) in [6.45, 7) is 5.83. The Kier molecular flexibility index (Phi) is 4.09. The molecule has 0 aliphatic carbocycles. The first-order chi connectivity index (χ1) is 7.21. The van der Waals surface area contributed by atoms with Crippen LogP contribution in [0.15, 0.2) is 27.8 Å². The maximum atomic E-state index is 11.7. The van der Waals surface area contributed by atoms with Crippen molar-refractivity contribution in [3.63, 3.8) is 0 Å². The van der Waals surface area contributed by atoms with Gasteiger partial charge in [-0.1, -0.05) is 26.8 Å². The zero-order chi connectivity index (χ0) is 12.4. The van der Waals surface area contributed by atoms with Crippen LogP contribution in [0.2, 0.25) is 0 Å². The van der Waals surface area contributed by atoms with E-state index in [2.05, 4.69) is 20.9 Å². The first-order valence-electron chi connectivity index (χ1n) is 4.73. The molecule has 0 aliphatic rings. The summed E-state index contributed by atoms with van der Waals surface area (Å²) >= 11 is 3.11. The van der Waals surface area contributed by atoms with Crippen LogP contribution in [0.25, 0.3) is 0 Å². The molecule has 0 N–H and O–H groups in total. The highest BCUT2D eigenvalue weighted by Crippen LogP contribution is 2.18. The Balaban J connectivity index is 2.87. The second-order valence-corrected chi connectivity index (χ2v) is 6.95. The van der Waals surface area contributed by atoms with Crippen molar-refractivity contribution in [3.05, 3.63) is 22.8 Å².